The number of likely N-dealkylation sites (N-methyl/N-ethyl adjacent to an activating group) is 1. The molecule has 0 fully saturated rings. The quantitative estimate of drug-likeness (QED) is 0.578. The Bertz CT molecular complexity index is 1090. The number of rotatable bonds is 6. The molecule has 0 unspecified atom stereocenters. The van der Waals surface area contributed by atoms with Crippen molar-refractivity contribution in [2.24, 2.45) is 5.92 Å². The normalized spacial score (nSPS) is 19.9. The molecule has 10 nitrogen and oxygen atoms in total. The zero-order valence-corrected chi connectivity index (χ0v) is 20.4. The van der Waals surface area contributed by atoms with Crippen LogP contribution < -0.4 is 24.8 Å². The van der Waals surface area contributed by atoms with E-state index in [4.69, 9.17) is 14.2 Å². The van der Waals surface area contributed by atoms with Crippen molar-refractivity contribution in [1.29, 1.82) is 0 Å². The van der Waals surface area contributed by atoms with Crippen molar-refractivity contribution < 1.29 is 28.9 Å². The number of urea groups is 1. The van der Waals surface area contributed by atoms with Gasteiger partial charge in [-0.3, -0.25) is 4.79 Å². The molecule has 0 aromatic heterocycles. The van der Waals surface area contributed by atoms with Crippen LogP contribution in [0.3, 0.4) is 0 Å². The molecule has 188 valence electrons. The van der Waals surface area contributed by atoms with Crippen LogP contribution in [0.1, 0.15) is 24.2 Å². The van der Waals surface area contributed by atoms with E-state index in [9.17, 15) is 14.7 Å². The Kier molecular flexibility index (Phi) is 7.32. The summed E-state index contributed by atoms with van der Waals surface area (Å²) in [5.41, 5.74) is 1.25. The predicted molar refractivity (Wildman–Crippen MR) is 131 cm³/mol. The van der Waals surface area contributed by atoms with Gasteiger partial charge in [0.2, 0.25) is 6.79 Å². The summed E-state index contributed by atoms with van der Waals surface area (Å²) in [4.78, 5) is 30.0. The third kappa shape index (κ3) is 5.44. The second kappa shape index (κ2) is 10.4. The van der Waals surface area contributed by atoms with Gasteiger partial charge < -0.3 is 39.8 Å². The first-order valence-corrected chi connectivity index (χ1v) is 11.6. The van der Waals surface area contributed by atoms with Crippen molar-refractivity contribution in [3.63, 3.8) is 0 Å². The molecule has 3 amide bonds. The van der Waals surface area contributed by atoms with Gasteiger partial charge in [-0.15, -0.1) is 0 Å². The summed E-state index contributed by atoms with van der Waals surface area (Å²) in [6, 6.07) is 9.34. The largest absolute Gasteiger partial charge is 0.486 e. The fourth-order valence-electron chi connectivity index (χ4n) is 4.18. The lowest BCUT2D eigenvalue weighted by Crippen LogP contribution is -2.49. The SMILES string of the molecule is C[C@H]1CN([C@@H](C)CO)C(=O)c2cccc(NC(=O)Nc3ccc4c(c3)OCO4)c2O[C@@H]1CN(C)C. The molecule has 2 aliphatic rings. The van der Waals surface area contributed by atoms with Gasteiger partial charge in [-0.1, -0.05) is 13.0 Å². The number of hydrogen-bond acceptors (Lipinski definition) is 7. The van der Waals surface area contributed by atoms with Crippen molar-refractivity contribution >= 4 is 23.3 Å². The summed E-state index contributed by atoms with van der Waals surface area (Å²) in [6.07, 6.45) is -0.245. The first kappa shape index (κ1) is 24.6. The second-order valence-electron chi connectivity index (χ2n) is 9.21. The van der Waals surface area contributed by atoms with Crippen LogP contribution in [0.15, 0.2) is 36.4 Å². The van der Waals surface area contributed by atoms with Gasteiger partial charge in [0, 0.05) is 30.8 Å². The van der Waals surface area contributed by atoms with Gasteiger partial charge in [-0.05, 0) is 45.3 Å². The number of carbonyl (C=O) groups is 2. The van der Waals surface area contributed by atoms with Gasteiger partial charge in [-0.25, -0.2) is 4.79 Å². The smallest absolute Gasteiger partial charge is 0.323 e. The molecule has 0 aliphatic carbocycles. The zero-order chi connectivity index (χ0) is 25.1. The molecule has 2 aliphatic heterocycles. The minimum Gasteiger partial charge on any atom is -0.486 e. The third-order valence-electron chi connectivity index (χ3n) is 6.11. The average molecular weight is 485 g/mol. The van der Waals surface area contributed by atoms with E-state index < -0.39 is 6.03 Å². The van der Waals surface area contributed by atoms with E-state index in [1.54, 1.807) is 41.3 Å². The standard InChI is InChI=1S/C25H32N4O6/c1-15-11-29(16(2)13-30)24(31)18-6-5-7-19(23(18)35-22(15)12-28(3)4)27-25(32)26-17-8-9-20-21(10-17)34-14-33-20/h5-10,15-16,22,30H,11-14H2,1-4H3,(H2,26,27,32)/t15-,16-,22+/m0/s1. The number of aliphatic hydroxyl groups is 1. The first-order chi connectivity index (χ1) is 16.8. The number of hydrogen-bond donors (Lipinski definition) is 3. The number of anilines is 2. The van der Waals surface area contributed by atoms with Crippen LogP contribution in [-0.4, -0.2) is 79.6 Å². The van der Waals surface area contributed by atoms with Crippen molar-refractivity contribution in [1.82, 2.24) is 9.80 Å². The Balaban J connectivity index is 1.63. The molecular formula is C25H32N4O6. The van der Waals surface area contributed by atoms with E-state index in [0.29, 0.717) is 47.3 Å². The molecular weight excluding hydrogens is 452 g/mol. The molecule has 10 heteroatoms. The highest BCUT2D eigenvalue weighted by Crippen LogP contribution is 2.36. The first-order valence-electron chi connectivity index (χ1n) is 11.6. The van der Waals surface area contributed by atoms with Crippen LogP contribution in [0.25, 0.3) is 0 Å². The Morgan fingerprint density at radius 3 is 2.71 bits per heavy atom. The van der Waals surface area contributed by atoms with E-state index in [2.05, 4.69) is 10.6 Å². The lowest BCUT2D eigenvalue weighted by atomic mass is 9.99. The summed E-state index contributed by atoms with van der Waals surface area (Å²) in [5, 5.41) is 15.4. The minimum atomic E-state index is -0.492. The Hall–Kier alpha value is -3.50. The van der Waals surface area contributed by atoms with Crippen LogP contribution in [0.4, 0.5) is 16.2 Å². The average Bonchev–Trinajstić information content (AvgIpc) is 3.29. The lowest BCUT2D eigenvalue weighted by Gasteiger charge is -2.38. The summed E-state index contributed by atoms with van der Waals surface area (Å²) in [7, 11) is 3.91. The Morgan fingerprint density at radius 1 is 1.20 bits per heavy atom. The van der Waals surface area contributed by atoms with Crippen LogP contribution in [0, 0.1) is 5.92 Å². The molecule has 4 rings (SSSR count). The number of aliphatic hydroxyl groups excluding tert-OH is 1. The number of para-hydroxylation sites is 1. The highest BCUT2D eigenvalue weighted by Gasteiger charge is 2.34. The lowest BCUT2D eigenvalue weighted by molar-refractivity contribution is 0.0365. The number of nitrogens with zero attached hydrogens (tertiary/aromatic N) is 2. The molecule has 0 spiro atoms. The molecule has 0 radical (unpaired) electrons. The number of fused-ring (bicyclic) bond motifs is 2. The van der Waals surface area contributed by atoms with Crippen molar-refractivity contribution in [2.45, 2.75) is 26.0 Å². The minimum absolute atomic E-state index is 0.0148. The summed E-state index contributed by atoms with van der Waals surface area (Å²) in [6.45, 7) is 4.89. The maximum atomic E-state index is 13.5. The molecule has 3 N–H and O–H groups in total. The molecule has 2 heterocycles. The summed E-state index contributed by atoms with van der Waals surface area (Å²) < 4.78 is 17.1. The molecule has 0 bridgehead atoms. The number of amides is 3. The van der Waals surface area contributed by atoms with Crippen LogP contribution in [0.5, 0.6) is 17.2 Å². The fourth-order valence-corrected chi connectivity index (χ4v) is 4.18. The van der Waals surface area contributed by atoms with Crippen molar-refractivity contribution in [3.8, 4) is 17.2 Å². The van der Waals surface area contributed by atoms with Gasteiger partial charge >= 0.3 is 6.03 Å². The molecule has 0 saturated heterocycles. The molecule has 2 aromatic rings. The van der Waals surface area contributed by atoms with Crippen LogP contribution in [0.2, 0.25) is 0 Å². The number of nitrogens with one attached hydrogen (secondary N) is 2. The number of carbonyl (C=O) groups excluding carboxylic acids is 2. The van der Waals surface area contributed by atoms with Gasteiger partial charge in [-0.2, -0.15) is 0 Å². The molecule has 2 aromatic carbocycles. The number of ether oxygens (including phenoxy) is 3. The Morgan fingerprint density at radius 2 is 1.97 bits per heavy atom. The Labute approximate surface area is 204 Å². The third-order valence-corrected chi connectivity index (χ3v) is 6.11. The highest BCUT2D eigenvalue weighted by atomic mass is 16.7. The van der Waals surface area contributed by atoms with E-state index >= 15 is 0 Å². The fraction of sp³-hybridized carbons (Fsp3) is 0.440. The highest BCUT2D eigenvalue weighted by molar-refractivity contribution is 6.04. The maximum Gasteiger partial charge on any atom is 0.323 e. The van der Waals surface area contributed by atoms with Crippen molar-refractivity contribution in [2.75, 3.05) is 51.2 Å². The van der Waals surface area contributed by atoms with Crippen molar-refractivity contribution in [3.05, 3.63) is 42.0 Å². The van der Waals surface area contributed by atoms with E-state index in [0.717, 1.165) is 0 Å². The topological polar surface area (TPSA) is 113 Å². The monoisotopic (exact) mass is 484 g/mol. The molecule has 35 heavy (non-hydrogen) atoms. The molecule has 3 atom stereocenters. The van der Waals surface area contributed by atoms with Gasteiger partial charge in [0.05, 0.1) is 23.9 Å². The van der Waals surface area contributed by atoms with Gasteiger partial charge in [0.1, 0.15) is 6.10 Å². The van der Waals surface area contributed by atoms with E-state index in [-0.39, 0.29) is 37.4 Å². The predicted octanol–water partition coefficient (Wildman–Crippen LogP) is 2.84. The summed E-state index contributed by atoms with van der Waals surface area (Å²) in [5.74, 6) is 1.22. The maximum absolute atomic E-state index is 13.5. The second-order valence-corrected chi connectivity index (χ2v) is 9.21. The van der Waals surface area contributed by atoms with E-state index in [1.807, 2.05) is 32.8 Å². The summed E-state index contributed by atoms with van der Waals surface area (Å²) >= 11 is 0. The van der Waals surface area contributed by atoms with Crippen LogP contribution in [-0.2, 0) is 0 Å². The van der Waals surface area contributed by atoms with Crippen LogP contribution >= 0.6 is 0 Å². The van der Waals surface area contributed by atoms with Gasteiger partial charge in [0.15, 0.2) is 17.2 Å². The van der Waals surface area contributed by atoms with E-state index in [1.165, 1.54) is 0 Å². The molecule has 0 saturated carbocycles. The van der Waals surface area contributed by atoms with Gasteiger partial charge in [0.25, 0.3) is 5.91 Å². The zero-order valence-electron chi connectivity index (χ0n) is 20.4. The number of benzene rings is 2.